The van der Waals surface area contributed by atoms with E-state index in [0.29, 0.717) is 18.5 Å². The summed E-state index contributed by atoms with van der Waals surface area (Å²) in [6, 6.07) is 5.63. The third-order valence-electron chi connectivity index (χ3n) is 3.07. The van der Waals surface area contributed by atoms with Crippen molar-refractivity contribution >= 4 is 17.0 Å². The summed E-state index contributed by atoms with van der Waals surface area (Å²) in [5.74, 6) is -0.275. The van der Waals surface area contributed by atoms with Crippen LogP contribution >= 0.6 is 0 Å². The van der Waals surface area contributed by atoms with Gasteiger partial charge in [-0.3, -0.25) is 9.36 Å². The van der Waals surface area contributed by atoms with E-state index in [1.54, 1.807) is 13.1 Å². The SMILES string of the molecule is CCCC(=O)NCCc1ccc2oc(=O)n(C)c2c1. The first-order chi connectivity index (χ1) is 9.11. The summed E-state index contributed by atoms with van der Waals surface area (Å²) in [6.45, 7) is 2.59. The van der Waals surface area contributed by atoms with Gasteiger partial charge in [0.2, 0.25) is 5.91 Å². The highest BCUT2D eigenvalue weighted by Crippen LogP contribution is 2.14. The van der Waals surface area contributed by atoms with Crippen LogP contribution < -0.4 is 11.1 Å². The number of aryl methyl sites for hydroxylation is 1. The first-order valence-electron chi connectivity index (χ1n) is 6.47. The van der Waals surface area contributed by atoms with Crippen molar-refractivity contribution in [1.29, 1.82) is 0 Å². The number of rotatable bonds is 5. The molecule has 2 aromatic rings. The lowest BCUT2D eigenvalue weighted by Crippen LogP contribution is -2.25. The van der Waals surface area contributed by atoms with E-state index in [9.17, 15) is 9.59 Å². The Bertz CT molecular complexity index is 640. The van der Waals surface area contributed by atoms with Crippen LogP contribution in [0.4, 0.5) is 0 Å². The Morgan fingerprint density at radius 1 is 1.42 bits per heavy atom. The minimum atomic E-state index is -0.358. The number of nitrogens with zero attached hydrogens (tertiary/aromatic N) is 1. The Morgan fingerprint density at radius 3 is 2.95 bits per heavy atom. The monoisotopic (exact) mass is 262 g/mol. The molecule has 0 aliphatic heterocycles. The van der Waals surface area contributed by atoms with E-state index in [2.05, 4.69) is 5.32 Å². The van der Waals surface area contributed by atoms with Crippen LogP contribution in [0, 0.1) is 0 Å². The lowest BCUT2D eigenvalue weighted by Gasteiger charge is -2.04. The number of nitrogens with one attached hydrogen (secondary N) is 1. The van der Waals surface area contributed by atoms with Crippen molar-refractivity contribution in [2.75, 3.05) is 6.54 Å². The van der Waals surface area contributed by atoms with Gasteiger partial charge in [-0.05, 0) is 30.5 Å². The molecule has 0 bridgehead atoms. The largest absolute Gasteiger partial charge is 0.419 e. The van der Waals surface area contributed by atoms with Gasteiger partial charge in [0.15, 0.2) is 5.58 Å². The molecule has 0 unspecified atom stereocenters. The minimum Gasteiger partial charge on any atom is -0.408 e. The first-order valence-corrected chi connectivity index (χ1v) is 6.47. The molecule has 0 radical (unpaired) electrons. The quantitative estimate of drug-likeness (QED) is 0.890. The fourth-order valence-electron chi connectivity index (χ4n) is 1.99. The molecular formula is C14H18N2O3. The first kappa shape index (κ1) is 13.4. The normalized spacial score (nSPS) is 10.8. The van der Waals surface area contributed by atoms with Gasteiger partial charge in [-0.2, -0.15) is 0 Å². The predicted molar refractivity (Wildman–Crippen MR) is 73.1 cm³/mol. The summed E-state index contributed by atoms with van der Waals surface area (Å²) in [6.07, 6.45) is 2.16. The van der Waals surface area contributed by atoms with Gasteiger partial charge in [0, 0.05) is 20.0 Å². The predicted octanol–water partition coefficient (Wildman–Crippen LogP) is 1.59. The van der Waals surface area contributed by atoms with Crippen LogP contribution in [0.1, 0.15) is 25.3 Å². The number of carbonyl (C=O) groups is 1. The smallest absolute Gasteiger partial charge is 0.408 e. The van der Waals surface area contributed by atoms with E-state index >= 15 is 0 Å². The van der Waals surface area contributed by atoms with Crippen LogP contribution in [0.25, 0.3) is 11.1 Å². The van der Waals surface area contributed by atoms with Crippen molar-refractivity contribution in [2.45, 2.75) is 26.2 Å². The van der Waals surface area contributed by atoms with Gasteiger partial charge in [0.25, 0.3) is 0 Å². The van der Waals surface area contributed by atoms with Crippen molar-refractivity contribution in [1.82, 2.24) is 9.88 Å². The zero-order valence-electron chi connectivity index (χ0n) is 11.2. The van der Waals surface area contributed by atoms with Gasteiger partial charge >= 0.3 is 5.76 Å². The molecule has 102 valence electrons. The maximum atomic E-state index is 11.4. The summed E-state index contributed by atoms with van der Waals surface area (Å²) >= 11 is 0. The van der Waals surface area contributed by atoms with E-state index in [4.69, 9.17) is 4.42 Å². The molecular weight excluding hydrogens is 244 g/mol. The third kappa shape index (κ3) is 3.05. The van der Waals surface area contributed by atoms with Crippen molar-refractivity contribution in [3.63, 3.8) is 0 Å². The topological polar surface area (TPSA) is 64.2 Å². The third-order valence-corrected chi connectivity index (χ3v) is 3.07. The van der Waals surface area contributed by atoms with Gasteiger partial charge < -0.3 is 9.73 Å². The molecule has 5 heteroatoms. The highest BCUT2D eigenvalue weighted by molar-refractivity contribution is 5.76. The van der Waals surface area contributed by atoms with Crippen LogP contribution in [-0.2, 0) is 18.3 Å². The molecule has 1 aromatic heterocycles. The second-order valence-electron chi connectivity index (χ2n) is 4.58. The van der Waals surface area contributed by atoms with Crippen molar-refractivity contribution in [3.05, 3.63) is 34.3 Å². The summed E-state index contributed by atoms with van der Waals surface area (Å²) in [5.41, 5.74) is 2.44. The Kier molecular flexibility index (Phi) is 4.04. The van der Waals surface area contributed by atoms with Gasteiger partial charge in [-0.25, -0.2) is 4.79 Å². The fraction of sp³-hybridized carbons (Fsp3) is 0.429. The van der Waals surface area contributed by atoms with Crippen LogP contribution in [0.5, 0.6) is 0 Å². The van der Waals surface area contributed by atoms with Gasteiger partial charge in [-0.15, -0.1) is 0 Å². The number of hydrogen-bond donors (Lipinski definition) is 1. The van der Waals surface area contributed by atoms with Crippen LogP contribution in [-0.4, -0.2) is 17.0 Å². The van der Waals surface area contributed by atoms with E-state index in [-0.39, 0.29) is 11.7 Å². The second kappa shape index (κ2) is 5.73. The Morgan fingerprint density at radius 2 is 2.21 bits per heavy atom. The number of fused-ring (bicyclic) bond motifs is 1. The van der Waals surface area contributed by atoms with Crippen molar-refractivity contribution in [3.8, 4) is 0 Å². The van der Waals surface area contributed by atoms with Gasteiger partial charge in [-0.1, -0.05) is 13.0 Å². The molecule has 0 aliphatic carbocycles. The number of benzene rings is 1. The molecule has 0 spiro atoms. The molecule has 0 saturated carbocycles. The van der Waals surface area contributed by atoms with E-state index < -0.39 is 0 Å². The van der Waals surface area contributed by atoms with Crippen LogP contribution in [0.2, 0.25) is 0 Å². The zero-order chi connectivity index (χ0) is 13.8. The molecule has 0 fully saturated rings. The Hall–Kier alpha value is -2.04. The van der Waals surface area contributed by atoms with E-state index in [1.807, 2.05) is 19.1 Å². The fourth-order valence-corrected chi connectivity index (χ4v) is 1.99. The summed E-state index contributed by atoms with van der Waals surface area (Å²) in [5, 5.41) is 2.87. The number of oxazole rings is 1. The average molecular weight is 262 g/mol. The van der Waals surface area contributed by atoms with Crippen LogP contribution in [0.15, 0.2) is 27.4 Å². The Labute approximate surface area is 111 Å². The highest BCUT2D eigenvalue weighted by Gasteiger charge is 2.06. The van der Waals surface area contributed by atoms with Crippen molar-refractivity contribution in [2.24, 2.45) is 7.05 Å². The number of hydrogen-bond acceptors (Lipinski definition) is 3. The standard InChI is InChI=1S/C14H18N2O3/c1-3-4-13(17)15-8-7-10-5-6-12-11(9-10)16(2)14(18)19-12/h5-6,9H,3-4,7-8H2,1-2H3,(H,15,17). The lowest BCUT2D eigenvalue weighted by molar-refractivity contribution is -0.121. The molecule has 19 heavy (non-hydrogen) atoms. The molecule has 0 atom stereocenters. The summed E-state index contributed by atoms with van der Waals surface area (Å²) in [7, 11) is 1.68. The molecule has 1 heterocycles. The molecule has 5 nitrogen and oxygen atoms in total. The minimum absolute atomic E-state index is 0.0827. The van der Waals surface area contributed by atoms with E-state index in [0.717, 1.165) is 23.9 Å². The van der Waals surface area contributed by atoms with E-state index in [1.165, 1.54) is 4.57 Å². The molecule has 1 amide bonds. The molecule has 2 rings (SSSR count). The molecule has 1 N–H and O–H groups in total. The van der Waals surface area contributed by atoms with Gasteiger partial charge in [0.05, 0.1) is 5.52 Å². The highest BCUT2D eigenvalue weighted by atomic mass is 16.4. The molecule has 1 aromatic carbocycles. The van der Waals surface area contributed by atoms with Crippen LogP contribution in [0.3, 0.4) is 0 Å². The number of amides is 1. The average Bonchev–Trinajstić information content (AvgIpc) is 2.66. The summed E-state index contributed by atoms with van der Waals surface area (Å²) < 4.78 is 6.55. The zero-order valence-corrected chi connectivity index (χ0v) is 11.2. The Balaban J connectivity index is 2.03. The molecule has 0 aliphatic rings. The second-order valence-corrected chi connectivity index (χ2v) is 4.58. The maximum Gasteiger partial charge on any atom is 0.419 e. The number of aromatic nitrogens is 1. The molecule has 0 saturated heterocycles. The lowest BCUT2D eigenvalue weighted by atomic mass is 10.1. The van der Waals surface area contributed by atoms with Crippen molar-refractivity contribution < 1.29 is 9.21 Å². The maximum absolute atomic E-state index is 11.4. The van der Waals surface area contributed by atoms with Gasteiger partial charge in [0.1, 0.15) is 0 Å². The summed E-state index contributed by atoms with van der Waals surface area (Å²) in [4.78, 5) is 22.7. The number of carbonyl (C=O) groups excluding carboxylic acids is 1.